The quantitative estimate of drug-likeness (QED) is 0.726. The Morgan fingerprint density at radius 1 is 1.38 bits per heavy atom. The second kappa shape index (κ2) is 6.80. The lowest BCUT2D eigenvalue weighted by Gasteiger charge is -2.30. The Morgan fingerprint density at radius 2 is 2.33 bits per heavy atom. The highest BCUT2D eigenvalue weighted by Crippen LogP contribution is 2.25. The minimum Gasteiger partial charge on any atom is -0.368 e. The van der Waals surface area contributed by atoms with Crippen molar-refractivity contribution in [3.63, 3.8) is 0 Å². The summed E-state index contributed by atoms with van der Waals surface area (Å²) >= 11 is 1.63. The summed E-state index contributed by atoms with van der Waals surface area (Å²) in [6.45, 7) is 5.00. The number of thiazole rings is 1. The van der Waals surface area contributed by atoms with Crippen LogP contribution in [0.3, 0.4) is 0 Å². The number of aromatic nitrogens is 3. The Bertz CT molecular complexity index is 803. The second-order valence-electron chi connectivity index (χ2n) is 5.85. The first-order valence-electron chi connectivity index (χ1n) is 7.91. The molecule has 0 amide bonds. The van der Waals surface area contributed by atoms with Crippen molar-refractivity contribution in [2.45, 2.75) is 19.6 Å². The summed E-state index contributed by atoms with van der Waals surface area (Å²) in [6.07, 6.45) is 1.84. The molecule has 0 aliphatic carbocycles. The zero-order valence-electron chi connectivity index (χ0n) is 13.4. The lowest BCUT2D eigenvalue weighted by atomic mass is 10.1. The third-order valence-corrected chi connectivity index (χ3v) is 4.85. The molecule has 3 heterocycles. The third-order valence-electron chi connectivity index (χ3n) is 3.98. The van der Waals surface area contributed by atoms with Crippen molar-refractivity contribution in [3.05, 3.63) is 52.3 Å². The number of morpholine rings is 1. The maximum absolute atomic E-state index is 5.82. The first kappa shape index (κ1) is 15.4. The minimum absolute atomic E-state index is 0.0258. The van der Waals surface area contributed by atoms with Gasteiger partial charge in [0.25, 0.3) is 0 Å². The van der Waals surface area contributed by atoms with Crippen LogP contribution in [-0.4, -0.2) is 39.7 Å². The monoisotopic (exact) mass is 342 g/mol. The fraction of sp³-hybridized carbons (Fsp3) is 0.353. The van der Waals surface area contributed by atoms with Gasteiger partial charge in [0.2, 0.25) is 11.7 Å². The van der Waals surface area contributed by atoms with Gasteiger partial charge >= 0.3 is 0 Å². The number of hydrogen-bond acceptors (Lipinski definition) is 7. The lowest BCUT2D eigenvalue weighted by molar-refractivity contribution is -0.0356. The Labute approximate surface area is 144 Å². The number of hydrogen-bond donors (Lipinski definition) is 0. The van der Waals surface area contributed by atoms with E-state index in [1.165, 1.54) is 5.56 Å². The van der Waals surface area contributed by atoms with Crippen molar-refractivity contribution < 1.29 is 9.26 Å². The molecule has 1 fully saturated rings. The van der Waals surface area contributed by atoms with Gasteiger partial charge in [0, 0.05) is 30.2 Å². The Balaban J connectivity index is 1.44. The molecule has 4 rings (SSSR count). The SMILES string of the molecule is Cc1cccc(-c2noc(CN3CCO[C@H](c4nccs4)C3)n2)c1. The van der Waals surface area contributed by atoms with Crippen molar-refractivity contribution in [1.82, 2.24) is 20.0 Å². The van der Waals surface area contributed by atoms with Crippen LogP contribution in [0.5, 0.6) is 0 Å². The molecule has 1 aliphatic heterocycles. The van der Waals surface area contributed by atoms with Crippen LogP contribution >= 0.6 is 11.3 Å². The van der Waals surface area contributed by atoms with Crippen molar-refractivity contribution in [3.8, 4) is 11.4 Å². The first-order chi connectivity index (χ1) is 11.8. The van der Waals surface area contributed by atoms with E-state index in [0.717, 1.165) is 23.7 Å². The van der Waals surface area contributed by atoms with E-state index in [-0.39, 0.29) is 6.10 Å². The van der Waals surface area contributed by atoms with Gasteiger partial charge in [-0.3, -0.25) is 4.90 Å². The first-order valence-corrected chi connectivity index (χ1v) is 8.79. The molecule has 1 aliphatic rings. The zero-order valence-corrected chi connectivity index (χ0v) is 14.2. The van der Waals surface area contributed by atoms with E-state index in [1.54, 1.807) is 11.3 Å². The van der Waals surface area contributed by atoms with Crippen LogP contribution in [0.15, 0.2) is 40.4 Å². The lowest BCUT2D eigenvalue weighted by Crippen LogP contribution is -2.37. The molecule has 1 atom stereocenters. The average Bonchev–Trinajstić information content (AvgIpc) is 3.27. The highest BCUT2D eigenvalue weighted by molar-refractivity contribution is 7.09. The van der Waals surface area contributed by atoms with Crippen LogP contribution < -0.4 is 0 Å². The second-order valence-corrected chi connectivity index (χ2v) is 6.77. The summed E-state index contributed by atoms with van der Waals surface area (Å²) in [5, 5.41) is 7.10. The maximum atomic E-state index is 5.82. The molecule has 7 heteroatoms. The summed E-state index contributed by atoms with van der Waals surface area (Å²) < 4.78 is 11.2. The minimum atomic E-state index is 0.0258. The molecule has 0 saturated carbocycles. The highest BCUT2D eigenvalue weighted by atomic mass is 32.1. The number of ether oxygens (including phenoxy) is 1. The maximum Gasteiger partial charge on any atom is 0.241 e. The molecule has 6 nitrogen and oxygen atoms in total. The van der Waals surface area contributed by atoms with Crippen LogP contribution in [-0.2, 0) is 11.3 Å². The van der Waals surface area contributed by atoms with E-state index in [1.807, 2.05) is 23.7 Å². The van der Waals surface area contributed by atoms with Gasteiger partial charge in [-0.1, -0.05) is 28.9 Å². The molecule has 2 aromatic heterocycles. The largest absolute Gasteiger partial charge is 0.368 e. The van der Waals surface area contributed by atoms with Gasteiger partial charge in [0.05, 0.1) is 13.2 Å². The smallest absolute Gasteiger partial charge is 0.241 e. The number of nitrogens with zero attached hydrogens (tertiary/aromatic N) is 4. The van der Waals surface area contributed by atoms with E-state index in [0.29, 0.717) is 24.9 Å². The highest BCUT2D eigenvalue weighted by Gasteiger charge is 2.25. The summed E-state index contributed by atoms with van der Waals surface area (Å²) in [6, 6.07) is 8.11. The molecule has 0 unspecified atom stereocenters. The number of benzene rings is 1. The predicted octanol–water partition coefficient (Wildman–Crippen LogP) is 3.08. The number of rotatable bonds is 4. The topological polar surface area (TPSA) is 64.3 Å². The van der Waals surface area contributed by atoms with E-state index in [2.05, 4.69) is 39.1 Å². The summed E-state index contributed by atoms with van der Waals surface area (Å²) in [5.41, 5.74) is 2.16. The Hall–Kier alpha value is -2.09. The number of aryl methyl sites for hydroxylation is 1. The summed E-state index contributed by atoms with van der Waals surface area (Å²) in [4.78, 5) is 11.1. The van der Waals surface area contributed by atoms with Crippen LogP contribution in [0.4, 0.5) is 0 Å². The van der Waals surface area contributed by atoms with E-state index >= 15 is 0 Å². The molecule has 3 aromatic rings. The molecule has 1 saturated heterocycles. The molecule has 124 valence electrons. The van der Waals surface area contributed by atoms with Gasteiger partial charge in [-0.15, -0.1) is 11.3 Å². The molecule has 0 bridgehead atoms. The fourth-order valence-corrected chi connectivity index (χ4v) is 3.48. The average molecular weight is 342 g/mol. The van der Waals surface area contributed by atoms with Gasteiger partial charge in [0.1, 0.15) is 11.1 Å². The van der Waals surface area contributed by atoms with Crippen molar-refractivity contribution in [2.75, 3.05) is 19.7 Å². The Morgan fingerprint density at radius 3 is 3.17 bits per heavy atom. The third kappa shape index (κ3) is 3.38. The van der Waals surface area contributed by atoms with E-state index in [4.69, 9.17) is 9.26 Å². The van der Waals surface area contributed by atoms with Crippen molar-refractivity contribution in [2.24, 2.45) is 0 Å². The van der Waals surface area contributed by atoms with Crippen molar-refractivity contribution in [1.29, 1.82) is 0 Å². The summed E-state index contributed by atoms with van der Waals surface area (Å²) in [7, 11) is 0. The molecule has 1 aromatic carbocycles. The molecule has 0 N–H and O–H groups in total. The predicted molar refractivity (Wildman–Crippen MR) is 90.6 cm³/mol. The van der Waals surface area contributed by atoms with Gasteiger partial charge in [-0.2, -0.15) is 4.98 Å². The standard InChI is InChI=1S/C17H18N4O2S/c1-12-3-2-4-13(9-12)16-19-15(23-20-16)11-21-6-7-22-14(10-21)17-18-5-8-24-17/h2-5,8-9,14H,6-7,10-11H2,1H3/t14-/m0/s1. The van der Waals surface area contributed by atoms with Crippen LogP contribution in [0.1, 0.15) is 22.6 Å². The zero-order chi connectivity index (χ0) is 16.4. The van der Waals surface area contributed by atoms with E-state index < -0.39 is 0 Å². The molecular formula is C17H18N4O2S. The van der Waals surface area contributed by atoms with Crippen LogP contribution in [0, 0.1) is 6.92 Å². The van der Waals surface area contributed by atoms with Crippen molar-refractivity contribution >= 4 is 11.3 Å². The molecular weight excluding hydrogens is 324 g/mol. The van der Waals surface area contributed by atoms with Crippen LogP contribution in [0.2, 0.25) is 0 Å². The van der Waals surface area contributed by atoms with Gasteiger partial charge < -0.3 is 9.26 Å². The van der Waals surface area contributed by atoms with Gasteiger partial charge in [-0.05, 0) is 13.0 Å². The summed E-state index contributed by atoms with van der Waals surface area (Å²) in [5.74, 6) is 1.27. The fourth-order valence-electron chi connectivity index (χ4n) is 2.80. The normalized spacial score (nSPS) is 18.8. The van der Waals surface area contributed by atoms with E-state index in [9.17, 15) is 0 Å². The Kier molecular flexibility index (Phi) is 4.38. The molecule has 0 radical (unpaired) electrons. The molecule has 24 heavy (non-hydrogen) atoms. The van der Waals surface area contributed by atoms with Gasteiger partial charge in [-0.25, -0.2) is 4.98 Å². The van der Waals surface area contributed by atoms with Gasteiger partial charge in [0.15, 0.2) is 0 Å². The van der Waals surface area contributed by atoms with Crippen LogP contribution in [0.25, 0.3) is 11.4 Å². The molecule has 0 spiro atoms.